The van der Waals surface area contributed by atoms with Gasteiger partial charge in [0.2, 0.25) is 0 Å². The van der Waals surface area contributed by atoms with Crippen LogP contribution in [0.15, 0.2) is 23.0 Å². The second kappa shape index (κ2) is 7.89. The van der Waals surface area contributed by atoms with Crippen molar-refractivity contribution in [1.82, 2.24) is 20.2 Å². The Morgan fingerprint density at radius 2 is 2.00 bits per heavy atom. The molecule has 0 fully saturated rings. The molecule has 3 rings (SSSR count). The molecule has 29 heavy (non-hydrogen) atoms. The zero-order valence-corrected chi connectivity index (χ0v) is 14.8. The average Bonchev–Trinajstić information content (AvgIpc) is 3.12. The maximum Gasteiger partial charge on any atom is 0.405 e. The van der Waals surface area contributed by atoms with Crippen molar-refractivity contribution in [3.05, 3.63) is 39.9 Å². The zero-order chi connectivity index (χ0) is 21.2. The number of fused-ring (bicyclic) bond motifs is 2. The van der Waals surface area contributed by atoms with Crippen molar-refractivity contribution < 1.29 is 32.3 Å². The monoisotopic (exact) mass is 412 g/mol. The van der Waals surface area contributed by atoms with E-state index >= 15 is 0 Å². The van der Waals surface area contributed by atoms with Gasteiger partial charge in [-0.15, -0.1) is 0 Å². The number of hydrogen-bond acceptors (Lipinski definition) is 6. The molecule has 1 aliphatic heterocycles. The van der Waals surface area contributed by atoms with Crippen molar-refractivity contribution in [2.24, 2.45) is 0 Å². The van der Waals surface area contributed by atoms with E-state index in [-0.39, 0.29) is 11.1 Å². The molecular formula is C17H15F3N4O5. The van der Waals surface area contributed by atoms with Gasteiger partial charge in [0.25, 0.3) is 11.5 Å². The third kappa shape index (κ3) is 4.89. The fourth-order valence-electron chi connectivity index (χ4n) is 2.81. The number of carbonyl (C=O) groups excluding carboxylic acids is 3. The van der Waals surface area contributed by atoms with E-state index in [9.17, 15) is 32.3 Å². The summed E-state index contributed by atoms with van der Waals surface area (Å²) >= 11 is 0. The number of aryl methyl sites for hydroxylation is 1. The van der Waals surface area contributed by atoms with E-state index in [1.54, 1.807) is 9.88 Å². The summed E-state index contributed by atoms with van der Waals surface area (Å²) in [4.78, 5) is 51.5. The highest BCUT2D eigenvalue weighted by molar-refractivity contribution is 5.98. The number of alkyl halides is 3. The normalized spacial score (nSPS) is 13.1. The van der Waals surface area contributed by atoms with E-state index in [0.717, 1.165) is 6.42 Å². The van der Waals surface area contributed by atoms with E-state index in [2.05, 4.69) is 4.98 Å². The molecule has 0 spiro atoms. The van der Waals surface area contributed by atoms with Crippen LogP contribution in [0.25, 0.3) is 10.9 Å². The van der Waals surface area contributed by atoms with E-state index < -0.39 is 37.2 Å². The smallest absolute Gasteiger partial charge is 0.405 e. The maximum absolute atomic E-state index is 12.4. The van der Waals surface area contributed by atoms with Crippen molar-refractivity contribution in [2.45, 2.75) is 25.6 Å². The second-order valence-corrected chi connectivity index (χ2v) is 6.24. The molecule has 1 aliphatic rings. The number of imide groups is 1. The lowest BCUT2D eigenvalue weighted by Gasteiger charge is -2.09. The number of esters is 1. The highest BCUT2D eigenvalue weighted by atomic mass is 19.4. The molecule has 1 aromatic heterocycles. The molecule has 2 aromatic rings. The number of benzene rings is 1. The topological polar surface area (TPSA) is 119 Å². The summed E-state index contributed by atoms with van der Waals surface area (Å²) in [6.07, 6.45) is -3.17. The van der Waals surface area contributed by atoms with Crippen LogP contribution in [-0.2, 0) is 22.5 Å². The molecule has 0 bridgehead atoms. The number of halogens is 3. The molecule has 0 unspecified atom stereocenters. The standard InChI is InChI=1S/C17H15F3N4O5/c18-17(19,20)8-21-16(28)23-13(25)7-29-15(27)9-3-4-10-11(6-9)22-12-2-1-5-24(12)14(10)26/h3-4,6H,1-2,5,7-8H2,(H2,21,23,25,28). The number of rotatable bonds is 4. The molecule has 0 atom stereocenters. The first kappa shape index (κ1) is 20.3. The Hall–Kier alpha value is -3.44. The van der Waals surface area contributed by atoms with E-state index in [1.165, 1.54) is 23.5 Å². The van der Waals surface area contributed by atoms with Crippen molar-refractivity contribution in [3.63, 3.8) is 0 Å². The lowest BCUT2D eigenvalue weighted by Crippen LogP contribution is -2.44. The molecule has 12 heteroatoms. The van der Waals surface area contributed by atoms with Crippen LogP contribution in [0.2, 0.25) is 0 Å². The van der Waals surface area contributed by atoms with Crippen molar-refractivity contribution in [3.8, 4) is 0 Å². The molecule has 9 nitrogen and oxygen atoms in total. The van der Waals surface area contributed by atoms with Gasteiger partial charge < -0.3 is 10.1 Å². The highest BCUT2D eigenvalue weighted by Crippen LogP contribution is 2.16. The number of amides is 3. The van der Waals surface area contributed by atoms with Gasteiger partial charge in [-0.3, -0.25) is 19.5 Å². The van der Waals surface area contributed by atoms with Gasteiger partial charge in [-0.25, -0.2) is 14.6 Å². The number of hydrogen-bond donors (Lipinski definition) is 2. The quantitative estimate of drug-likeness (QED) is 0.720. The number of urea groups is 1. The van der Waals surface area contributed by atoms with Crippen molar-refractivity contribution >= 4 is 28.8 Å². The third-order valence-corrected chi connectivity index (χ3v) is 4.09. The first-order valence-electron chi connectivity index (χ1n) is 8.49. The predicted molar refractivity (Wildman–Crippen MR) is 92.2 cm³/mol. The minimum absolute atomic E-state index is 0.0293. The Labute approximate surface area is 160 Å². The van der Waals surface area contributed by atoms with Crippen LogP contribution < -0.4 is 16.2 Å². The minimum Gasteiger partial charge on any atom is -0.452 e. The lowest BCUT2D eigenvalue weighted by molar-refractivity contribution is -0.125. The summed E-state index contributed by atoms with van der Waals surface area (Å²) in [5.41, 5.74) is 0.141. The number of nitrogens with one attached hydrogen (secondary N) is 2. The fraction of sp³-hybridized carbons (Fsp3) is 0.353. The SMILES string of the molecule is O=C(COC(=O)c1ccc2c(=O)n3c(nc2c1)CCC3)NC(=O)NCC(F)(F)F. The molecule has 0 saturated heterocycles. The highest BCUT2D eigenvalue weighted by Gasteiger charge is 2.28. The van der Waals surface area contributed by atoms with Gasteiger partial charge in [0, 0.05) is 13.0 Å². The largest absolute Gasteiger partial charge is 0.452 e. The summed E-state index contributed by atoms with van der Waals surface area (Å²) in [7, 11) is 0. The van der Waals surface area contributed by atoms with Crippen LogP contribution in [0.1, 0.15) is 22.6 Å². The van der Waals surface area contributed by atoms with Crippen LogP contribution in [0.3, 0.4) is 0 Å². The molecule has 0 radical (unpaired) electrons. The summed E-state index contributed by atoms with van der Waals surface area (Å²) in [6.45, 7) is -1.90. The Morgan fingerprint density at radius 3 is 2.72 bits per heavy atom. The van der Waals surface area contributed by atoms with E-state index in [1.807, 2.05) is 0 Å². The van der Waals surface area contributed by atoms with Crippen molar-refractivity contribution in [1.29, 1.82) is 0 Å². The Balaban J connectivity index is 1.60. The first-order chi connectivity index (χ1) is 13.6. The summed E-state index contributed by atoms with van der Waals surface area (Å²) in [5.74, 6) is -1.40. The van der Waals surface area contributed by atoms with Crippen molar-refractivity contribution in [2.75, 3.05) is 13.2 Å². The second-order valence-electron chi connectivity index (χ2n) is 6.24. The predicted octanol–water partition coefficient (Wildman–Crippen LogP) is 0.888. The summed E-state index contributed by atoms with van der Waals surface area (Å²) < 4.78 is 42.3. The molecular weight excluding hydrogens is 397 g/mol. The van der Waals surface area contributed by atoms with Gasteiger partial charge in [-0.2, -0.15) is 13.2 Å². The average molecular weight is 412 g/mol. The minimum atomic E-state index is -4.63. The van der Waals surface area contributed by atoms with Crippen LogP contribution in [-0.4, -0.2) is 46.8 Å². The molecule has 0 saturated carbocycles. The zero-order valence-electron chi connectivity index (χ0n) is 14.8. The van der Waals surface area contributed by atoms with Crippen LogP contribution in [0, 0.1) is 0 Å². The Morgan fingerprint density at radius 1 is 1.24 bits per heavy atom. The van der Waals surface area contributed by atoms with E-state index in [0.29, 0.717) is 29.7 Å². The maximum atomic E-state index is 12.4. The third-order valence-electron chi connectivity index (χ3n) is 4.09. The Kier molecular flexibility index (Phi) is 5.52. The molecule has 3 amide bonds. The van der Waals surface area contributed by atoms with Crippen LogP contribution >= 0.6 is 0 Å². The summed E-state index contributed by atoms with van der Waals surface area (Å²) in [5, 5.41) is 3.38. The molecule has 2 heterocycles. The number of carbonyl (C=O) groups is 3. The molecule has 0 aliphatic carbocycles. The van der Waals surface area contributed by atoms with Gasteiger partial charge in [-0.1, -0.05) is 0 Å². The van der Waals surface area contributed by atoms with Gasteiger partial charge in [-0.05, 0) is 24.6 Å². The van der Waals surface area contributed by atoms with Gasteiger partial charge in [0.05, 0.1) is 16.5 Å². The number of nitrogens with zero attached hydrogens (tertiary/aromatic N) is 2. The van der Waals surface area contributed by atoms with Gasteiger partial charge in [0.1, 0.15) is 12.4 Å². The fourth-order valence-corrected chi connectivity index (χ4v) is 2.81. The molecule has 2 N–H and O–H groups in total. The Bertz CT molecular complexity index is 1050. The van der Waals surface area contributed by atoms with Gasteiger partial charge >= 0.3 is 18.2 Å². The van der Waals surface area contributed by atoms with Crippen LogP contribution in [0.5, 0.6) is 0 Å². The lowest BCUT2D eigenvalue weighted by atomic mass is 10.1. The van der Waals surface area contributed by atoms with Gasteiger partial charge in [0.15, 0.2) is 6.61 Å². The summed E-state index contributed by atoms with van der Waals surface area (Å²) in [6, 6.07) is 2.75. The molecule has 1 aromatic carbocycles. The van der Waals surface area contributed by atoms with Crippen LogP contribution in [0.4, 0.5) is 18.0 Å². The van der Waals surface area contributed by atoms with E-state index in [4.69, 9.17) is 4.74 Å². The number of aromatic nitrogens is 2. The first-order valence-corrected chi connectivity index (χ1v) is 8.49. The molecule has 154 valence electrons. The number of ether oxygens (including phenoxy) is 1.